The monoisotopic (exact) mass is 215 g/mol. The Labute approximate surface area is 93.9 Å². The second kappa shape index (κ2) is 4.66. The fraction of sp³-hybridized carbons (Fsp3) is 0.154. The van der Waals surface area contributed by atoms with Crippen molar-refractivity contribution in [2.75, 3.05) is 13.7 Å². The van der Waals surface area contributed by atoms with Gasteiger partial charge in [0.25, 0.3) is 0 Å². The van der Waals surface area contributed by atoms with Gasteiger partial charge in [-0.3, -0.25) is 4.79 Å². The summed E-state index contributed by atoms with van der Waals surface area (Å²) in [5.74, 6) is -0.250. The number of fused-ring (bicyclic) bond motifs is 1. The summed E-state index contributed by atoms with van der Waals surface area (Å²) >= 11 is 0. The van der Waals surface area contributed by atoms with Crippen molar-refractivity contribution in [2.45, 2.75) is 0 Å². The molecule has 0 unspecified atom stereocenters. The number of carbonyl (C=O) groups excluding carboxylic acids is 1. The molecule has 1 aliphatic heterocycles. The van der Waals surface area contributed by atoms with Crippen LogP contribution < -0.4 is 10.4 Å². The highest BCUT2D eigenvalue weighted by Gasteiger charge is 2.04. The van der Waals surface area contributed by atoms with Gasteiger partial charge in [0.15, 0.2) is 0 Å². The molecule has 0 saturated heterocycles. The minimum absolute atomic E-state index is 0.231. The largest absolute Gasteiger partial charge is 0.468 e. The molecule has 2 rings (SSSR count). The number of hydrogen-bond donors (Lipinski definition) is 0. The Morgan fingerprint density at radius 3 is 2.81 bits per heavy atom. The van der Waals surface area contributed by atoms with E-state index in [0.29, 0.717) is 0 Å². The topological polar surface area (TPSA) is 29.5 Å². The lowest BCUT2D eigenvalue weighted by molar-refractivity contribution is -0.140. The highest BCUT2D eigenvalue weighted by molar-refractivity contribution is 5.72. The summed E-state index contributed by atoms with van der Waals surface area (Å²) in [5.41, 5.74) is 0. The van der Waals surface area contributed by atoms with Crippen LogP contribution in [0.2, 0.25) is 0 Å². The van der Waals surface area contributed by atoms with Gasteiger partial charge >= 0.3 is 5.97 Å². The number of carbonyl (C=O) groups is 1. The number of ether oxygens (including phenoxy) is 1. The van der Waals surface area contributed by atoms with Gasteiger partial charge in [0, 0.05) is 12.4 Å². The lowest BCUT2D eigenvalue weighted by Crippen LogP contribution is -2.28. The summed E-state index contributed by atoms with van der Waals surface area (Å²) in [6, 6.07) is 8.03. The van der Waals surface area contributed by atoms with Crippen molar-refractivity contribution in [3.05, 3.63) is 47.0 Å². The van der Waals surface area contributed by atoms with Crippen LogP contribution >= 0.6 is 0 Å². The number of allylic oxidation sites excluding steroid dienone is 1. The first-order valence-corrected chi connectivity index (χ1v) is 5.07. The van der Waals surface area contributed by atoms with Crippen LogP contribution in [0.3, 0.4) is 0 Å². The summed E-state index contributed by atoms with van der Waals surface area (Å²) in [6.07, 6.45) is 7.73. The normalized spacial score (nSPS) is 13.2. The average molecular weight is 215 g/mol. The molecule has 82 valence electrons. The molecule has 1 aromatic rings. The van der Waals surface area contributed by atoms with E-state index >= 15 is 0 Å². The molecule has 0 radical (unpaired) electrons. The molecule has 0 fully saturated rings. The Kier molecular flexibility index (Phi) is 3.05. The van der Waals surface area contributed by atoms with Gasteiger partial charge < -0.3 is 9.64 Å². The third kappa shape index (κ3) is 2.31. The number of hydrogen-bond acceptors (Lipinski definition) is 3. The van der Waals surface area contributed by atoms with Crippen LogP contribution in [0.15, 0.2) is 36.5 Å². The van der Waals surface area contributed by atoms with E-state index in [4.69, 9.17) is 0 Å². The zero-order valence-electron chi connectivity index (χ0n) is 9.09. The summed E-state index contributed by atoms with van der Waals surface area (Å²) < 4.78 is 4.64. The first-order valence-electron chi connectivity index (χ1n) is 5.07. The highest BCUT2D eigenvalue weighted by Crippen LogP contribution is 1.95. The molecule has 0 spiro atoms. The molecule has 0 bridgehead atoms. The van der Waals surface area contributed by atoms with Gasteiger partial charge in [-0.05, 0) is 16.5 Å². The van der Waals surface area contributed by atoms with Crippen LogP contribution in [-0.4, -0.2) is 24.5 Å². The van der Waals surface area contributed by atoms with E-state index in [1.165, 1.54) is 7.11 Å². The molecule has 1 heterocycles. The fourth-order valence-electron chi connectivity index (χ4n) is 1.57. The zero-order chi connectivity index (χ0) is 11.4. The average Bonchev–Trinajstić information content (AvgIpc) is 2.50. The second-order valence-corrected chi connectivity index (χ2v) is 3.51. The summed E-state index contributed by atoms with van der Waals surface area (Å²) in [6.45, 7) is 0.231. The smallest absolute Gasteiger partial charge is 0.325 e. The minimum atomic E-state index is -0.250. The Balaban J connectivity index is 2.33. The van der Waals surface area contributed by atoms with Crippen LogP contribution in [-0.2, 0) is 9.53 Å². The van der Waals surface area contributed by atoms with Gasteiger partial charge in [-0.1, -0.05) is 30.3 Å². The van der Waals surface area contributed by atoms with E-state index in [0.717, 1.165) is 10.4 Å². The summed E-state index contributed by atoms with van der Waals surface area (Å²) in [4.78, 5) is 13.0. The lowest BCUT2D eigenvalue weighted by Gasteiger charge is -2.12. The van der Waals surface area contributed by atoms with E-state index in [1.807, 2.05) is 53.7 Å². The molecule has 3 heteroatoms. The third-order valence-electron chi connectivity index (χ3n) is 2.39. The van der Waals surface area contributed by atoms with Crippen molar-refractivity contribution in [3.8, 4) is 0 Å². The molecule has 0 atom stereocenters. The van der Waals surface area contributed by atoms with E-state index in [1.54, 1.807) is 0 Å². The molecule has 0 saturated carbocycles. The number of rotatable bonds is 2. The summed E-state index contributed by atoms with van der Waals surface area (Å²) in [7, 11) is 1.39. The first-order chi connectivity index (χ1) is 7.79. The van der Waals surface area contributed by atoms with Gasteiger partial charge in [-0.15, -0.1) is 0 Å². The second-order valence-electron chi connectivity index (χ2n) is 3.51. The Hall–Kier alpha value is -2.03. The highest BCUT2D eigenvalue weighted by atomic mass is 16.5. The van der Waals surface area contributed by atoms with Crippen LogP contribution in [0.4, 0.5) is 0 Å². The van der Waals surface area contributed by atoms with Crippen molar-refractivity contribution in [3.63, 3.8) is 0 Å². The quantitative estimate of drug-likeness (QED) is 0.660. The van der Waals surface area contributed by atoms with Crippen molar-refractivity contribution in [1.29, 1.82) is 0 Å². The Morgan fingerprint density at radius 2 is 2.06 bits per heavy atom. The maximum absolute atomic E-state index is 11.2. The van der Waals surface area contributed by atoms with E-state index in [2.05, 4.69) is 4.74 Å². The molecule has 0 aromatic heterocycles. The SMILES string of the molecule is COC(=O)CN1C=CC=c2ccccc2=C1. The first kappa shape index (κ1) is 10.5. The standard InChI is InChI=1S/C13H13NO2/c1-16-13(15)10-14-8-4-7-11-5-2-3-6-12(11)9-14/h2-9H,10H2,1H3. The van der Waals surface area contributed by atoms with Crippen molar-refractivity contribution in [2.24, 2.45) is 0 Å². The number of methoxy groups -OCH3 is 1. The number of esters is 1. The lowest BCUT2D eigenvalue weighted by atomic mass is 10.2. The minimum Gasteiger partial charge on any atom is -0.468 e. The van der Waals surface area contributed by atoms with E-state index in [-0.39, 0.29) is 12.5 Å². The molecule has 0 amide bonds. The molecule has 1 aliphatic rings. The molecular formula is C13H13NO2. The molecule has 0 N–H and O–H groups in total. The molecule has 1 aromatic carbocycles. The van der Waals surface area contributed by atoms with Gasteiger partial charge in [0.1, 0.15) is 6.54 Å². The van der Waals surface area contributed by atoms with Crippen LogP contribution in [0, 0.1) is 0 Å². The van der Waals surface area contributed by atoms with Crippen LogP contribution in [0.1, 0.15) is 0 Å². The van der Waals surface area contributed by atoms with Gasteiger partial charge in [0.05, 0.1) is 7.11 Å². The molecule has 0 aliphatic carbocycles. The third-order valence-corrected chi connectivity index (χ3v) is 2.39. The predicted molar refractivity (Wildman–Crippen MR) is 62.5 cm³/mol. The van der Waals surface area contributed by atoms with Crippen molar-refractivity contribution < 1.29 is 9.53 Å². The zero-order valence-corrected chi connectivity index (χ0v) is 9.09. The summed E-state index contributed by atoms with van der Waals surface area (Å²) in [5, 5.41) is 2.24. The maximum Gasteiger partial charge on any atom is 0.325 e. The van der Waals surface area contributed by atoms with Gasteiger partial charge in [-0.25, -0.2) is 0 Å². The predicted octanol–water partition coefficient (Wildman–Crippen LogP) is 0.207. The van der Waals surface area contributed by atoms with Gasteiger partial charge in [-0.2, -0.15) is 0 Å². The van der Waals surface area contributed by atoms with Crippen molar-refractivity contribution in [1.82, 2.24) is 4.90 Å². The fourth-order valence-corrected chi connectivity index (χ4v) is 1.57. The molecular weight excluding hydrogens is 202 g/mol. The molecule has 3 nitrogen and oxygen atoms in total. The number of nitrogens with zero attached hydrogens (tertiary/aromatic N) is 1. The Bertz CT molecular complexity index is 531. The molecule has 16 heavy (non-hydrogen) atoms. The van der Waals surface area contributed by atoms with Crippen LogP contribution in [0.25, 0.3) is 12.3 Å². The van der Waals surface area contributed by atoms with Crippen LogP contribution in [0.5, 0.6) is 0 Å². The Morgan fingerprint density at radius 1 is 1.31 bits per heavy atom. The van der Waals surface area contributed by atoms with E-state index in [9.17, 15) is 4.79 Å². The van der Waals surface area contributed by atoms with E-state index < -0.39 is 0 Å². The maximum atomic E-state index is 11.2. The number of benzene rings is 1. The van der Waals surface area contributed by atoms with Gasteiger partial charge in [0.2, 0.25) is 0 Å². The van der Waals surface area contributed by atoms with Crippen molar-refractivity contribution >= 4 is 18.2 Å².